The molecule has 1 unspecified atom stereocenters. The Balaban J connectivity index is 1.68. The van der Waals surface area contributed by atoms with Crippen molar-refractivity contribution in [3.8, 4) is 0 Å². The van der Waals surface area contributed by atoms with E-state index in [0.717, 1.165) is 25.9 Å². The minimum atomic E-state index is -0.784. The lowest BCUT2D eigenvalue weighted by Crippen LogP contribution is -2.37. The summed E-state index contributed by atoms with van der Waals surface area (Å²) >= 11 is 0. The molecule has 0 radical (unpaired) electrons. The fraction of sp³-hybridized carbons (Fsp3) is 0.333. The Morgan fingerprint density at radius 3 is 2.50 bits per heavy atom. The van der Waals surface area contributed by atoms with Gasteiger partial charge in [0, 0.05) is 13.1 Å². The number of rotatable bonds is 6. The van der Waals surface area contributed by atoms with Crippen molar-refractivity contribution in [2.24, 2.45) is 0 Å². The number of likely N-dealkylation sites (tertiary alicyclic amines) is 1. The van der Waals surface area contributed by atoms with Crippen LogP contribution >= 0.6 is 0 Å². The van der Waals surface area contributed by atoms with E-state index in [1.807, 2.05) is 0 Å². The minimum absolute atomic E-state index is 0.0343. The molecule has 1 aromatic heterocycles. The maximum absolute atomic E-state index is 13.4. The number of aliphatic hydroxyl groups is 1. The van der Waals surface area contributed by atoms with Gasteiger partial charge in [0.05, 0.1) is 17.9 Å². The number of furan rings is 1. The lowest BCUT2D eigenvalue weighted by Gasteiger charge is -2.28. The first-order valence-corrected chi connectivity index (χ1v) is 9.36. The summed E-state index contributed by atoms with van der Waals surface area (Å²) in [5.74, 6) is -2.08. The van der Waals surface area contributed by atoms with Gasteiger partial charge in [-0.3, -0.25) is 9.59 Å². The molecular formula is C21H21FN2O4. The van der Waals surface area contributed by atoms with Gasteiger partial charge in [-0.1, -0.05) is 12.1 Å². The number of nitrogens with zero attached hydrogens (tertiary/aromatic N) is 2. The van der Waals surface area contributed by atoms with Gasteiger partial charge in [0.25, 0.3) is 5.91 Å². The molecule has 2 aliphatic rings. The van der Waals surface area contributed by atoms with Crippen LogP contribution in [0.15, 0.2) is 58.4 Å². The van der Waals surface area contributed by atoms with Crippen molar-refractivity contribution in [1.82, 2.24) is 9.80 Å². The molecule has 0 aliphatic carbocycles. The Labute approximate surface area is 161 Å². The second kappa shape index (κ2) is 7.59. The molecule has 28 heavy (non-hydrogen) atoms. The van der Waals surface area contributed by atoms with Gasteiger partial charge in [0.15, 0.2) is 11.5 Å². The fourth-order valence-corrected chi connectivity index (χ4v) is 3.90. The van der Waals surface area contributed by atoms with Crippen molar-refractivity contribution < 1.29 is 23.5 Å². The van der Waals surface area contributed by atoms with Gasteiger partial charge in [0.2, 0.25) is 5.78 Å². The van der Waals surface area contributed by atoms with Gasteiger partial charge in [-0.05, 0) is 55.8 Å². The molecule has 1 saturated heterocycles. The normalized spacial score (nSPS) is 20.4. The number of aliphatic hydroxyl groups excluding tert-OH is 1. The van der Waals surface area contributed by atoms with E-state index >= 15 is 0 Å². The van der Waals surface area contributed by atoms with Crippen LogP contribution in [0.25, 0.3) is 0 Å². The van der Waals surface area contributed by atoms with Gasteiger partial charge in [-0.15, -0.1) is 0 Å². The zero-order chi connectivity index (χ0) is 19.7. The summed E-state index contributed by atoms with van der Waals surface area (Å²) in [6.07, 6.45) is 3.61. The van der Waals surface area contributed by atoms with Crippen LogP contribution in [0.5, 0.6) is 0 Å². The monoisotopic (exact) mass is 384 g/mol. The van der Waals surface area contributed by atoms with E-state index in [1.165, 1.54) is 41.5 Å². The molecule has 1 aromatic carbocycles. The molecule has 146 valence electrons. The first-order chi connectivity index (χ1) is 13.6. The Morgan fingerprint density at radius 2 is 1.86 bits per heavy atom. The second-order valence-electron chi connectivity index (χ2n) is 7.07. The van der Waals surface area contributed by atoms with Crippen LogP contribution in [0.2, 0.25) is 0 Å². The molecule has 7 heteroatoms. The van der Waals surface area contributed by atoms with Gasteiger partial charge in [-0.25, -0.2) is 4.39 Å². The number of carbonyl (C=O) groups is 2. The number of halogens is 1. The van der Waals surface area contributed by atoms with Crippen LogP contribution < -0.4 is 0 Å². The summed E-state index contributed by atoms with van der Waals surface area (Å²) in [6, 6.07) is 7.90. The van der Waals surface area contributed by atoms with Crippen molar-refractivity contribution in [3.63, 3.8) is 0 Å². The van der Waals surface area contributed by atoms with Gasteiger partial charge < -0.3 is 19.3 Å². The number of hydrogen-bond acceptors (Lipinski definition) is 5. The van der Waals surface area contributed by atoms with E-state index in [4.69, 9.17) is 4.42 Å². The molecule has 0 spiro atoms. The first-order valence-electron chi connectivity index (χ1n) is 9.36. The van der Waals surface area contributed by atoms with E-state index in [0.29, 0.717) is 18.7 Å². The smallest absolute Gasteiger partial charge is 0.290 e. The van der Waals surface area contributed by atoms with Crippen LogP contribution in [-0.4, -0.2) is 52.8 Å². The number of ketones is 1. The van der Waals surface area contributed by atoms with Gasteiger partial charge >= 0.3 is 0 Å². The third-order valence-electron chi connectivity index (χ3n) is 5.33. The third kappa shape index (κ3) is 3.33. The largest absolute Gasteiger partial charge is 0.503 e. The molecule has 1 amide bonds. The van der Waals surface area contributed by atoms with Crippen molar-refractivity contribution in [2.75, 3.05) is 26.2 Å². The number of benzene rings is 1. The first kappa shape index (κ1) is 18.4. The lowest BCUT2D eigenvalue weighted by atomic mass is 9.95. The van der Waals surface area contributed by atoms with Gasteiger partial charge in [-0.2, -0.15) is 0 Å². The molecule has 6 nitrogen and oxygen atoms in total. The predicted octanol–water partition coefficient (Wildman–Crippen LogP) is 3.09. The molecule has 2 aliphatic heterocycles. The molecule has 0 saturated carbocycles. The van der Waals surface area contributed by atoms with E-state index in [9.17, 15) is 19.1 Å². The van der Waals surface area contributed by atoms with Gasteiger partial charge in [0.1, 0.15) is 5.82 Å². The number of hydrogen-bond donors (Lipinski definition) is 1. The highest BCUT2D eigenvalue weighted by Crippen LogP contribution is 2.39. The Hall–Kier alpha value is -2.93. The Kier molecular flexibility index (Phi) is 5.00. The summed E-state index contributed by atoms with van der Waals surface area (Å²) in [6.45, 7) is 2.96. The highest BCUT2D eigenvalue weighted by molar-refractivity contribution is 6.15. The van der Waals surface area contributed by atoms with Crippen LogP contribution in [0.1, 0.15) is 35.0 Å². The van der Waals surface area contributed by atoms with Crippen LogP contribution in [0.3, 0.4) is 0 Å². The fourth-order valence-electron chi connectivity index (χ4n) is 3.90. The van der Waals surface area contributed by atoms with E-state index < -0.39 is 29.3 Å². The Bertz CT molecular complexity index is 899. The SMILES string of the molecule is O=C(C1=C(O)C(=O)N(CCN2CCCC2)C1c1ccc(F)cc1)c1ccco1. The quantitative estimate of drug-likeness (QED) is 0.775. The number of carbonyl (C=O) groups excluding carboxylic acids is 2. The standard InChI is InChI=1S/C21H21FN2O4/c22-15-7-5-14(6-8-15)18-17(19(25)16-4-3-13-28-16)20(26)21(27)24(18)12-11-23-9-1-2-10-23/h3-8,13,18,26H,1-2,9-12H2. The van der Waals surface area contributed by atoms with Crippen LogP contribution in [-0.2, 0) is 4.79 Å². The van der Waals surface area contributed by atoms with E-state index in [-0.39, 0.29) is 11.3 Å². The molecule has 0 bridgehead atoms. The molecule has 4 rings (SSSR count). The minimum Gasteiger partial charge on any atom is -0.503 e. The van der Waals surface area contributed by atoms with Crippen molar-refractivity contribution in [2.45, 2.75) is 18.9 Å². The number of amides is 1. The van der Waals surface area contributed by atoms with Crippen molar-refractivity contribution in [1.29, 1.82) is 0 Å². The summed E-state index contributed by atoms with van der Waals surface area (Å²) in [5.41, 5.74) is 0.531. The molecular weight excluding hydrogens is 363 g/mol. The zero-order valence-electron chi connectivity index (χ0n) is 15.3. The summed E-state index contributed by atoms with van der Waals surface area (Å²) < 4.78 is 18.6. The maximum atomic E-state index is 13.4. The average Bonchev–Trinajstić information content (AvgIpc) is 3.44. The van der Waals surface area contributed by atoms with E-state index in [2.05, 4.69) is 4.90 Å². The second-order valence-corrected chi connectivity index (χ2v) is 7.07. The molecule has 1 fully saturated rings. The predicted molar refractivity (Wildman–Crippen MR) is 99.2 cm³/mol. The summed E-state index contributed by atoms with van der Waals surface area (Å²) in [5, 5.41) is 10.5. The lowest BCUT2D eigenvalue weighted by molar-refractivity contribution is -0.129. The summed E-state index contributed by atoms with van der Waals surface area (Å²) in [7, 11) is 0. The molecule has 1 atom stereocenters. The highest BCUT2D eigenvalue weighted by Gasteiger charge is 2.44. The third-order valence-corrected chi connectivity index (χ3v) is 5.33. The number of Topliss-reactive ketones (excluding diaryl/α,β-unsaturated/α-hetero) is 1. The topological polar surface area (TPSA) is 74.0 Å². The summed E-state index contributed by atoms with van der Waals surface area (Å²) in [4.78, 5) is 29.5. The Morgan fingerprint density at radius 1 is 1.14 bits per heavy atom. The van der Waals surface area contributed by atoms with Crippen molar-refractivity contribution in [3.05, 3.63) is 71.1 Å². The van der Waals surface area contributed by atoms with E-state index in [1.54, 1.807) is 6.07 Å². The van der Waals surface area contributed by atoms with Crippen molar-refractivity contribution >= 4 is 11.7 Å². The molecule has 1 N–H and O–H groups in total. The maximum Gasteiger partial charge on any atom is 0.290 e. The average molecular weight is 384 g/mol. The highest BCUT2D eigenvalue weighted by atomic mass is 19.1. The molecule has 3 heterocycles. The van der Waals surface area contributed by atoms with Crippen LogP contribution in [0.4, 0.5) is 4.39 Å². The molecule has 2 aromatic rings. The van der Waals surface area contributed by atoms with Crippen LogP contribution in [0, 0.1) is 5.82 Å². The zero-order valence-corrected chi connectivity index (χ0v) is 15.3.